The topological polar surface area (TPSA) is 0 Å². The number of rotatable bonds is 4. The molecule has 0 bridgehead atoms. The van der Waals surface area contributed by atoms with Crippen molar-refractivity contribution < 1.29 is 13.2 Å². The highest BCUT2D eigenvalue weighted by Gasteiger charge is 2.19. The third-order valence-corrected chi connectivity index (χ3v) is 5.54. The van der Waals surface area contributed by atoms with Gasteiger partial charge in [0.05, 0.1) is 5.56 Å². The minimum Gasteiger partial charge on any atom is -0.207 e. The molecule has 1 saturated carbocycles. The molecule has 0 aliphatic heterocycles. The Hall–Kier alpha value is -1.77. The minimum atomic E-state index is -0.615. The molecular weight excluding hydrogens is 321 g/mol. The fourth-order valence-corrected chi connectivity index (χ4v) is 3.78. The van der Waals surface area contributed by atoms with Gasteiger partial charge in [-0.3, -0.25) is 0 Å². The molecule has 0 amide bonds. The van der Waals surface area contributed by atoms with E-state index in [0.717, 1.165) is 12.3 Å². The zero-order valence-electron chi connectivity index (χ0n) is 14.9. The van der Waals surface area contributed by atoms with Crippen LogP contribution in [-0.2, 0) is 6.42 Å². The summed E-state index contributed by atoms with van der Waals surface area (Å²) in [5.74, 6) is -0.216. The summed E-state index contributed by atoms with van der Waals surface area (Å²) in [5.41, 5.74) is 1.24. The van der Waals surface area contributed by atoms with E-state index in [0.29, 0.717) is 23.5 Å². The van der Waals surface area contributed by atoms with E-state index in [4.69, 9.17) is 0 Å². The van der Waals surface area contributed by atoms with Crippen LogP contribution in [0.25, 0.3) is 11.1 Å². The van der Waals surface area contributed by atoms with Crippen molar-refractivity contribution in [2.45, 2.75) is 52.4 Å². The number of benzene rings is 2. The van der Waals surface area contributed by atoms with Crippen molar-refractivity contribution in [3.63, 3.8) is 0 Å². The van der Waals surface area contributed by atoms with Crippen molar-refractivity contribution in [3.05, 3.63) is 58.9 Å². The maximum absolute atomic E-state index is 14.5. The molecule has 2 aromatic carbocycles. The highest BCUT2D eigenvalue weighted by Crippen LogP contribution is 2.33. The van der Waals surface area contributed by atoms with Gasteiger partial charge in [0.15, 0.2) is 0 Å². The van der Waals surface area contributed by atoms with Crippen LogP contribution in [0, 0.1) is 36.2 Å². The van der Waals surface area contributed by atoms with Crippen LogP contribution < -0.4 is 0 Å². The maximum Gasteiger partial charge on any atom is 0.134 e. The molecule has 3 rings (SSSR count). The Morgan fingerprint density at radius 3 is 2.12 bits per heavy atom. The third kappa shape index (κ3) is 4.26. The number of hydrogen-bond acceptors (Lipinski definition) is 0. The molecule has 0 atom stereocenters. The van der Waals surface area contributed by atoms with Gasteiger partial charge in [-0.2, -0.15) is 0 Å². The average molecular weight is 346 g/mol. The summed E-state index contributed by atoms with van der Waals surface area (Å²) in [5, 5.41) is 0. The van der Waals surface area contributed by atoms with E-state index >= 15 is 0 Å². The molecule has 0 radical (unpaired) electrons. The largest absolute Gasteiger partial charge is 0.207 e. The van der Waals surface area contributed by atoms with E-state index in [-0.39, 0.29) is 11.1 Å². The molecule has 0 heterocycles. The Labute approximate surface area is 148 Å². The van der Waals surface area contributed by atoms with E-state index < -0.39 is 17.5 Å². The SMILES string of the molecule is Cc1ccc(-c2c(F)cc(CCC3CCC(C)CC3)cc2F)cc1F. The molecular formula is C22H25F3. The Bertz CT molecular complexity index is 720. The fourth-order valence-electron chi connectivity index (χ4n) is 3.78. The summed E-state index contributed by atoms with van der Waals surface area (Å²) < 4.78 is 42.7. The Morgan fingerprint density at radius 1 is 0.880 bits per heavy atom. The number of halogens is 3. The molecule has 0 aromatic heterocycles. The average Bonchev–Trinajstić information content (AvgIpc) is 2.57. The van der Waals surface area contributed by atoms with Gasteiger partial charge in [0.1, 0.15) is 17.5 Å². The van der Waals surface area contributed by atoms with Crippen LogP contribution in [0.4, 0.5) is 13.2 Å². The van der Waals surface area contributed by atoms with Gasteiger partial charge >= 0.3 is 0 Å². The van der Waals surface area contributed by atoms with Crippen LogP contribution in [0.5, 0.6) is 0 Å². The lowest BCUT2D eigenvalue weighted by atomic mass is 9.80. The van der Waals surface area contributed by atoms with Crippen LogP contribution in [0.1, 0.15) is 50.2 Å². The first-order valence-corrected chi connectivity index (χ1v) is 9.18. The minimum absolute atomic E-state index is 0.144. The molecule has 0 unspecified atom stereocenters. The van der Waals surface area contributed by atoms with Crippen molar-refractivity contribution in [1.29, 1.82) is 0 Å². The van der Waals surface area contributed by atoms with E-state index in [1.54, 1.807) is 19.1 Å². The van der Waals surface area contributed by atoms with E-state index in [9.17, 15) is 13.2 Å². The lowest BCUT2D eigenvalue weighted by molar-refractivity contribution is 0.277. The summed E-state index contributed by atoms with van der Waals surface area (Å²) in [6.45, 7) is 3.91. The second-order valence-electron chi connectivity index (χ2n) is 7.56. The molecule has 0 spiro atoms. The van der Waals surface area contributed by atoms with Crippen molar-refractivity contribution in [2.75, 3.05) is 0 Å². The molecule has 1 aliphatic rings. The lowest BCUT2D eigenvalue weighted by Crippen LogP contribution is -2.13. The van der Waals surface area contributed by atoms with Crippen LogP contribution in [0.2, 0.25) is 0 Å². The van der Waals surface area contributed by atoms with E-state index in [1.807, 2.05) is 0 Å². The highest BCUT2D eigenvalue weighted by molar-refractivity contribution is 5.65. The van der Waals surface area contributed by atoms with Crippen molar-refractivity contribution in [2.24, 2.45) is 11.8 Å². The summed E-state index contributed by atoms with van der Waals surface area (Å²) >= 11 is 0. The van der Waals surface area contributed by atoms with Crippen LogP contribution >= 0.6 is 0 Å². The van der Waals surface area contributed by atoms with Gasteiger partial charge < -0.3 is 0 Å². The molecule has 0 saturated heterocycles. The summed E-state index contributed by atoms with van der Waals surface area (Å²) in [7, 11) is 0. The van der Waals surface area contributed by atoms with Gasteiger partial charge in [0.2, 0.25) is 0 Å². The molecule has 25 heavy (non-hydrogen) atoms. The third-order valence-electron chi connectivity index (χ3n) is 5.54. The first-order valence-electron chi connectivity index (χ1n) is 9.18. The fraction of sp³-hybridized carbons (Fsp3) is 0.455. The Morgan fingerprint density at radius 2 is 1.52 bits per heavy atom. The van der Waals surface area contributed by atoms with Crippen molar-refractivity contribution in [1.82, 2.24) is 0 Å². The second-order valence-corrected chi connectivity index (χ2v) is 7.56. The number of hydrogen-bond donors (Lipinski definition) is 0. The van der Waals surface area contributed by atoms with Crippen molar-refractivity contribution in [3.8, 4) is 11.1 Å². The maximum atomic E-state index is 14.5. The van der Waals surface area contributed by atoms with Crippen LogP contribution in [-0.4, -0.2) is 0 Å². The molecule has 1 fully saturated rings. The summed E-state index contributed by atoms with van der Waals surface area (Å²) in [6, 6.07) is 7.10. The normalized spacial score (nSPS) is 20.7. The van der Waals surface area contributed by atoms with Gasteiger partial charge in [-0.05, 0) is 66.5 Å². The highest BCUT2D eigenvalue weighted by atomic mass is 19.1. The zero-order chi connectivity index (χ0) is 18.0. The second kappa shape index (κ2) is 7.63. The van der Waals surface area contributed by atoms with Gasteiger partial charge in [0, 0.05) is 0 Å². The lowest BCUT2D eigenvalue weighted by Gasteiger charge is -2.26. The van der Waals surface area contributed by atoms with E-state index in [2.05, 4.69) is 6.92 Å². The van der Waals surface area contributed by atoms with Gasteiger partial charge in [0.25, 0.3) is 0 Å². The van der Waals surface area contributed by atoms with Gasteiger partial charge in [-0.15, -0.1) is 0 Å². The first-order chi connectivity index (χ1) is 11.9. The Balaban J connectivity index is 1.74. The predicted molar refractivity (Wildman–Crippen MR) is 95.9 cm³/mol. The zero-order valence-corrected chi connectivity index (χ0v) is 14.9. The predicted octanol–water partition coefficient (Wildman–Crippen LogP) is 6.84. The van der Waals surface area contributed by atoms with E-state index in [1.165, 1.54) is 43.9 Å². The van der Waals surface area contributed by atoms with Crippen molar-refractivity contribution >= 4 is 0 Å². The number of aryl methyl sites for hydroxylation is 2. The quantitative estimate of drug-likeness (QED) is 0.568. The molecule has 2 aromatic rings. The standard InChI is InChI=1S/C22H25F3/c1-14-3-6-16(7-4-14)8-9-17-11-20(24)22(21(25)12-17)18-10-5-15(2)19(23)13-18/h5,10-14,16H,3-4,6-9H2,1-2H3. The van der Waals surface area contributed by atoms with Crippen LogP contribution in [0.3, 0.4) is 0 Å². The molecule has 0 nitrogen and oxygen atoms in total. The summed E-state index contributed by atoms with van der Waals surface area (Å²) in [4.78, 5) is 0. The Kier molecular flexibility index (Phi) is 5.51. The van der Waals surface area contributed by atoms with Gasteiger partial charge in [-0.1, -0.05) is 44.7 Å². The molecule has 134 valence electrons. The molecule has 3 heteroatoms. The molecule has 1 aliphatic carbocycles. The van der Waals surface area contributed by atoms with Crippen LogP contribution in [0.15, 0.2) is 30.3 Å². The summed E-state index contributed by atoms with van der Waals surface area (Å²) in [6.07, 6.45) is 6.61. The first kappa shape index (κ1) is 18.0. The monoisotopic (exact) mass is 346 g/mol. The smallest absolute Gasteiger partial charge is 0.134 e. The molecule has 0 N–H and O–H groups in total. The van der Waals surface area contributed by atoms with Gasteiger partial charge in [-0.25, -0.2) is 13.2 Å².